The van der Waals surface area contributed by atoms with E-state index in [0.717, 1.165) is 6.42 Å². The lowest BCUT2D eigenvalue weighted by Crippen LogP contribution is -2.43. The number of carbonyl (C=O) groups excluding carboxylic acids is 2. The molecule has 4 heteroatoms. The number of fused-ring (bicyclic) bond motifs is 2. The van der Waals surface area contributed by atoms with Gasteiger partial charge in [0.2, 0.25) is 0 Å². The van der Waals surface area contributed by atoms with Gasteiger partial charge in [-0.05, 0) is 19.2 Å². The number of rotatable bonds is 2. The minimum absolute atomic E-state index is 0.0545. The van der Waals surface area contributed by atoms with Crippen LogP contribution in [0.1, 0.15) is 29.6 Å². The van der Waals surface area contributed by atoms with Crippen molar-refractivity contribution in [2.75, 3.05) is 7.05 Å². The molecular weight excluding hydrogens is 242 g/mol. The van der Waals surface area contributed by atoms with Crippen molar-refractivity contribution in [3.8, 4) is 0 Å². The van der Waals surface area contributed by atoms with Crippen LogP contribution in [0.3, 0.4) is 0 Å². The molecule has 2 fully saturated rings. The molecule has 1 aromatic carbocycles. The number of nitrogens with zero attached hydrogens (tertiary/aromatic N) is 1. The second kappa shape index (κ2) is 4.78. The van der Waals surface area contributed by atoms with Gasteiger partial charge in [-0.3, -0.25) is 9.69 Å². The molecule has 4 nitrogen and oxygen atoms in total. The van der Waals surface area contributed by atoms with Gasteiger partial charge in [0.25, 0.3) is 0 Å². The summed E-state index contributed by atoms with van der Waals surface area (Å²) in [6.07, 6.45) is 1.70. The van der Waals surface area contributed by atoms with Gasteiger partial charge >= 0.3 is 5.97 Å². The van der Waals surface area contributed by atoms with Crippen LogP contribution >= 0.6 is 0 Å². The smallest absolute Gasteiger partial charge is 0.338 e. The van der Waals surface area contributed by atoms with Crippen molar-refractivity contribution in [3.05, 3.63) is 35.9 Å². The molecule has 3 atom stereocenters. The van der Waals surface area contributed by atoms with E-state index in [-0.39, 0.29) is 29.9 Å². The van der Waals surface area contributed by atoms with E-state index in [0.29, 0.717) is 18.4 Å². The molecule has 19 heavy (non-hydrogen) atoms. The highest BCUT2D eigenvalue weighted by atomic mass is 16.5. The van der Waals surface area contributed by atoms with Crippen molar-refractivity contribution >= 4 is 11.8 Å². The molecule has 2 aliphatic rings. The number of Topliss-reactive ketones (excluding diaryl/α,β-unsaturated/α-hetero) is 1. The summed E-state index contributed by atoms with van der Waals surface area (Å²) in [6, 6.07) is 9.29. The fourth-order valence-electron chi connectivity index (χ4n) is 3.11. The maximum atomic E-state index is 12.1. The summed E-state index contributed by atoms with van der Waals surface area (Å²) >= 11 is 0. The second-order valence-corrected chi connectivity index (χ2v) is 5.38. The molecule has 2 heterocycles. The highest BCUT2D eigenvalue weighted by Crippen LogP contribution is 2.34. The molecule has 100 valence electrons. The summed E-state index contributed by atoms with van der Waals surface area (Å²) in [5.41, 5.74) is 0.568. The van der Waals surface area contributed by atoms with Crippen molar-refractivity contribution in [3.63, 3.8) is 0 Å². The Kier molecular flexibility index (Phi) is 3.11. The highest BCUT2D eigenvalue weighted by molar-refractivity contribution is 5.89. The van der Waals surface area contributed by atoms with Gasteiger partial charge in [0.1, 0.15) is 11.9 Å². The van der Waals surface area contributed by atoms with Crippen molar-refractivity contribution in [1.29, 1.82) is 0 Å². The lowest BCUT2D eigenvalue weighted by Gasteiger charge is -2.30. The van der Waals surface area contributed by atoms with Crippen LogP contribution in [0.2, 0.25) is 0 Å². The lowest BCUT2D eigenvalue weighted by molar-refractivity contribution is -0.123. The molecule has 2 bridgehead atoms. The van der Waals surface area contributed by atoms with Crippen LogP contribution in [0.5, 0.6) is 0 Å². The standard InChI is InChI=1S/C15H17NO3/c1-16-11-7-12(17)9-13(16)14(8-11)19-15(18)10-5-3-2-4-6-10/h2-6,11,13-14H,7-9H2,1H3/t11-,13+,14-/m1/s1. The first-order valence-corrected chi connectivity index (χ1v) is 6.65. The normalized spacial score (nSPS) is 30.4. The van der Waals surface area contributed by atoms with Crippen molar-refractivity contribution in [2.24, 2.45) is 0 Å². The molecule has 0 saturated carbocycles. The number of ketones is 1. The molecule has 0 N–H and O–H groups in total. The van der Waals surface area contributed by atoms with Gasteiger partial charge < -0.3 is 4.74 Å². The van der Waals surface area contributed by atoms with Crippen LogP contribution in [0.25, 0.3) is 0 Å². The van der Waals surface area contributed by atoms with Gasteiger partial charge in [0.05, 0.1) is 11.6 Å². The summed E-state index contributed by atoms with van der Waals surface area (Å²) in [7, 11) is 2.01. The first-order chi connectivity index (χ1) is 9.15. The molecule has 2 aliphatic heterocycles. The molecule has 0 amide bonds. The minimum Gasteiger partial charge on any atom is -0.457 e. The van der Waals surface area contributed by atoms with Crippen LogP contribution in [0, 0.1) is 0 Å². The molecule has 0 aliphatic carbocycles. The number of esters is 1. The van der Waals surface area contributed by atoms with E-state index >= 15 is 0 Å². The van der Waals surface area contributed by atoms with E-state index in [1.165, 1.54) is 0 Å². The number of ether oxygens (including phenoxy) is 1. The zero-order valence-corrected chi connectivity index (χ0v) is 10.9. The first-order valence-electron chi connectivity index (χ1n) is 6.65. The Balaban J connectivity index is 1.71. The predicted octanol–water partition coefficient (Wildman–Crippen LogP) is 1.65. The Morgan fingerprint density at radius 2 is 2.00 bits per heavy atom. The van der Waals surface area contributed by atoms with Crippen LogP contribution in [0.15, 0.2) is 30.3 Å². The predicted molar refractivity (Wildman–Crippen MR) is 69.8 cm³/mol. The number of benzene rings is 1. The molecule has 0 radical (unpaired) electrons. The Labute approximate surface area is 112 Å². The third-order valence-electron chi connectivity index (χ3n) is 4.20. The number of carbonyl (C=O) groups is 2. The third kappa shape index (κ3) is 2.28. The topological polar surface area (TPSA) is 46.6 Å². The van der Waals surface area contributed by atoms with Crippen LogP contribution in [-0.4, -0.2) is 41.9 Å². The van der Waals surface area contributed by atoms with Gasteiger partial charge in [0.15, 0.2) is 0 Å². The van der Waals surface area contributed by atoms with E-state index < -0.39 is 0 Å². The van der Waals surface area contributed by atoms with Crippen molar-refractivity contribution in [2.45, 2.75) is 37.5 Å². The fourth-order valence-corrected chi connectivity index (χ4v) is 3.11. The molecule has 0 unspecified atom stereocenters. The summed E-state index contributed by atoms with van der Waals surface area (Å²) in [4.78, 5) is 25.8. The van der Waals surface area contributed by atoms with E-state index in [1.54, 1.807) is 12.1 Å². The molecule has 0 spiro atoms. The monoisotopic (exact) mass is 259 g/mol. The first kappa shape index (κ1) is 12.4. The average molecular weight is 259 g/mol. The van der Waals surface area contributed by atoms with Crippen LogP contribution < -0.4 is 0 Å². The quantitative estimate of drug-likeness (QED) is 0.758. The summed E-state index contributed by atoms with van der Waals surface area (Å²) < 4.78 is 5.60. The Hall–Kier alpha value is -1.68. The van der Waals surface area contributed by atoms with Gasteiger partial charge in [0, 0.05) is 25.3 Å². The van der Waals surface area contributed by atoms with Crippen molar-refractivity contribution < 1.29 is 14.3 Å². The zero-order valence-electron chi connectivity index (χ0n) is 10.9. The van der Waals surface area contributed by atoms with Crippen LogP contribution in [-0.2, 0) is 9.53 Å². The van der Waals surface area contributed by atoms with Crippen molar-refractivity contribution in [1.82, 2.24) is 4.90 Å². The van der Waals surface area contributed by atoms with E-state index in [4.69, 9.17) is 4.74 Å². The van der Waals surface area contributed by atoms with Gasteiger partial charge in [-0.2, -0.15) is 0 Å². The average Bonchev–Trinajstić information content (AvgIpc) is 2.60. The Morgan fingerprint density at radius 1 is 1.26 bits per heavy atom. The Bertz CT molecular complexity index is 499. The molecule has 1 aromatic rings. The molecule has 3 rings (SSSR count). The van der Waals surface area contributed by atoms with Gasteiger partial charge in [-0.15, -0.1) is 0 Å². The summed E-state index contributed by atoms with van der Waals surface area (Å²) in [5.74, 6) is -0.00893. The highest BCUT2D eigenvalue weighted by Gasteiger charge is 2.46. The fraction of sp³-hybridized carbons (Fsp3) is 0.467. The lowest BCUT2D eigenvalue weighted by atomic mass is 10.0. The molecular formula is C15H17NO3. The summed E-state index contributed by atoms with van der Waals surface area (Å²) in [6.45, 7) is 0. The second-order valence-electron chi connectivity index (χ2n) is 5.38. The molecule has 2 saturated heterocycles. The number of hydrogen-bond donors (Lipinski definition) is 0. The number of piperidine rings is 1. The maximum absolute atomic E-state index is 12.1. The van der Waals surface area contributed by atoms with Crippen LogP contribution in [0.4, 0.5) is 0 Å². The summed E-state index contributed by atoms with van der Waals surface area (Å²) in [5, 5.41) is 0. The number of hydrogen-bond acceptors (Lipinski definition) is 4. The van der Waals surface area contributed by atoms with Gasteiger partial charge in [-0.1, -0.05) is 18.2 Å². The largest absolute Gasteiger partial charge is 0.457 e. The van der Waals surface area contributed by atoms with E-state index in [1.807, 2.05) is 25.2 Å². The van der Waals surface area contributed by atoms with E-state index in [9.17, 15) is 9.59 Å². The minimum atomic E-state index is -0.293. The zero-order chi connectivity index (χ0) is 13.4. The maximum Gasteiger partial charge on any atom is 0.338 e. The van der Waals surface area contributed by atoms with E-state index in [2.05, 4.69) is 4.90 Å². The SMILES string of the molecule is CN1[C@@H]2CC(=O)C[C@H]1[C@H](OC(=O)c1ccccc1)C2. The molecule has 0 aromatic heterocycles. The third-order valence-corrected chi connectivity index (χ3v) is 4.20. The Morgan fingerprint density at radius 3 is 2.74 bits per heavy atom. The number of likely N-dealkylation sites (N-methyl/N-ethyl adjacent to an activating group) is 1. The van der Waals surface area contributed by atoms with Gasteiger partial charge in [-0.25, -0.2) is 4.79 Å².